The fourth-order valence-electron chi connectivity index (χ4n) is 8.99. The summed E-state index contributed by atoms with van der Waals surface area (Å²) in [6.45, 7) is 3.69. The molecule has 2 heterocycles. The molecule has 2 fully saturated rings. The molecule has 3 aromatic carbocycles. The summed E-state index contributed by atoms with van der Waals surface area (Å²) in [4.78, 5) is 67.2. The molecule has 22 nitrogen and oxygen atoms in total. The van der Waals surface area contributed by atoms with Crippen LogP contribution in [-0.2, 0) is 33.3 Å². The van der Waals surface area contributed by atoms with E-state index in [0.29, 0.717) is 0 Å². The number of aromatic hydroxyl groups is 3. The molecule has 0 bridgehead atoms. The molecule has 3 aromatic rings. The number of methoxy groups -OCH3 is 2. The van der Waals surface area contributed by atoms with Crippen LogP contribution in [0.2, 0.25) is 0 Å². The number of carbonyl (C=O) groups is 5. The van der Waals surface area contributed by atoms with Crippen molar-refractivity contribution in [2.24, 2.45) is 0 Å². The maximum atomic E-state index is 14.2. The highest BCUT2D eigenvalue weighted by Crippen LogP contribution is 2.57. The molecule has 2 aliphatic heterocycles. The van der Waals surface area contributed by atoms with Crippen molar-refractivity contribution in [1.29, 1.82) is 0 Å². The molecule has 0 aromatic heterocycles. The van der Waals surface area contributed by atoms with Crippen LogP contribution in [0.3, 0.4) is 0 Å². The Morgan fingerprint density at radius 2 is 1.52 bits per heavy atom. The first-order valence-electron chi connectivity index (χ1n) is 20.9. The average Bonchev–Trinajstić information content (AvgIpc) is 3.27. The zero-order valence-corrected chi connectivity index (χ0v) is 36.8. The maximum absolute atomic E-state index is 14.2. The minimum Gasteiger partial charge on any atom is -0.507 e. The van der Waals surface area contributed by atoms with Gasteiger partial charge in [0.05, 0.1) is 49.7 Å². The highest BCUT2D eigenvalue weighted by atomic mass is 16.7. The van der Waals surface area contributed by atoms with E-state index in [1.165, 1.54) is 46.3 Å². The van der Waals surface area contributed by atoms with Crippen molar-refractivity contribution < 1.29 is 98.4 Å². The zero-order valence-electron chi connectivity index (χ0n) is 36.8. The Morgan fingerprint density at radius 1 is 0.866 bits per heavy atom. The molecule has 4 aliphatic rings. The molecule has 2 aliphatic carbocycles. The molecular weight excluding hydrogens is 888 g/mol. The van der Waals surface area contributed by atoms with Gasteiger partial charge < -0.3 is 79.7 Å². The third-order valence-electron chi connectivity index (χ3n) is 12.4. The molecule has 360 valence electrons. The van der Waals surface area contributed by atoms with E-state index in [0.717, 1.165) is 18.2 Å². The van der Waals surface area contributed by atoms with Crippen molar-refractivity contribution in [1.82, 2.24) is 10.2 Å². The highest BCUT2D eigenvalue weighted by molar-refractivity contribution is 6.31. The summed E-state index contributed by atoms with van der Waals surface area (Å²) < 4.78 is 34.2. The van der Waals surface area contributed by atoms with Crippen molar-refractivity contribution in [2.75, 3.05) is 34.4 Å². The number of aliphatic hydroxyl groups excluding tert-OH is 5. The number of ether oxygens (including phenoxy) is 6. The third kappa shape index (κ3) is 8.61. The van der Waals surface area contributed by atoms with Crippen molar-refractivity contribution in [3.63, 3.8) is 0 Å². The fourth-order valence-corrected chi connectivity index (χ4v) is 8.99. The number of likely N-dealkylation sites (N-methyl/N-ethyl adjacent to an activating group) is 1. The molecule has 0 unspecified atom stereocenters. The number of nitrogens with zero attached hydrogens (tertiary/aromatic N) is 1. The van der Waals surface area contributed by atoms with Crippen LogP contribution in [0.1, 0.15) is 84.9 Å². The van der Waals surface area contributed by atoms with Crippen LogP contribution in [0.15, 0.2) is 36.4 Å². The smallest absolute Gasteiger partial charge is 0.330 e. The van der Waals surface area contributed by atoms with Crippen molar-refractivity contribution in [2.45, 2.75) is 94.3 Å². The summed E-state index contributed by atoms with van der Waals surface area (Å²) >= 11 is 0. The van der Waals surface area contributed by atoms with Gasteiger partial charge in [-0.3, -0.25) is 24.1 Å². The van der Waals surface area contributed by atoms with Crippen molar-refractivity contribution in [3.05, 3.63) is 80.9 Å². The van der Waals surface area contributed by atoms with E-state index in [4.69, 9.17) is 23.7 Å². The second kappa shape index (κ2) is 18.9. The van der Waals surface area contributed by atoms with Crippen molar-refractivity contribution in [3.8, 4) is 34.1 Å². The Balaban J connectivity index is 1.35. The van der Waals surface area contributed by atoms with Crippen LogP contribution >= 0.6 is 0 Å². The lowest BCUT2D eigenvalue weighted by molar-refractivity contribution is -0.345. The van der Waals surface area contributed by atoms with E-state index >= 15 is 0 Å². The van der Waals surface area contributed by atoms with Crippen LogP contribution in [0.4, 0.5) is 0 Å². The van der Waals surface area contributed by atoms with E-state index in [9.17, 15) is 69.9 Å². The number of amides is 1. The molecule has 2 saturated heterocycles. The van der Waals surface area contributed by atoms with Gasteiger partial charge in [-0.25, -0.2) is 4.79 Å². The van der Waals surface area contributed by atoms with Crippen LogP contribution < -0.4 is 10.1 Å². The maximum Gasteiger partial charge on any atom is 0.330 e. The molecule has 0 saturated carbocycles. The fraction of sp³-hybridized carbons (Fsp3) is 0.444. The lowest BCUT2D eigenvalue weighted by Gasteiger charge is -2.49. The summed E-state index contributed by atoms with van der Waals surface area (Å²) in [5, 5.41) is 103. The molecule has 0 spiro atoms. The van der Waals surface area contributed by atoms with Gasteiger partial charge >= 0.3 is 11.9 Å². The molecule has 22 heteroatoms. The van der Waals surface area contributed by atoms with Gasteiger partial charge in [0.1, 0.15) is 71.8 Å². The molecular formula is C45H50N2O20. The predicted molar refractivity (Wildman–Crippen MR) is 225 cm³/mol. The van der Waals surface area contributed by atoms with E-state index in [-0.39, 0.29) is 34.5 Å². The van der Waals surface area contributed by atoms with E-state index in [2.05, 4.69) is 10.1 Å². The monoisotopic (exact) mass is 938 g/mol. The third-order valence-corrected chi connectivity index (χ3v) is 12.4. The second-order valence-electron chi connectivity index (χ2n) is 16.7. The number of phenolic OH excluding ortho intramolecular Hbond substituents is 3. The summed E-state index contributed by atoms with van der Waals surface area (Å²) in [6, 6.07) is 2.21. The van der Waals surface area contributed by atoms with Gasteiger partial charge in [-0.05, 0) is 56.6 Å². The Kier molecular flexibility index (Phi) is 13.8. The first-order valence-corrected chi connectivity index (χ1v) is 20.9. The van der Waals surface area contributed by atoms with Gasteiger partial charge in [-0.15, -0.1) is 0 Å². The van der Waals surface area contributed by atoms with E-state index in [1.807, 2.05) is 0 Å². The summed E-state index contributed by atoms with van der Waals surface area (Å²) in [7, 11) is 4.04. The van der Waals surface area contributed by atoms with Crippen LogP contribution in [0, 0.1) is 6.92 Å². The molecule has 1 amide bonds. The van der Waals surface area contributed by atoms with Gasteiger partial charge in [0.2, 0.25) is 0 Å². The molecule has 67 heavy (non-hydrogen) atoms. The lowest BCUT2D eigenvalue weighted by Crippen LogP contribution is -2.65. The molecule has 12 atom stereocenters. The number of carbonyl (C=O) groups excluding carboxylic acids is 4. The number of hydrogen-bond acceptors (Lipinski definition) is 20. The number of aliphatic carboxylic acids is 1. The van der Waals surface area contributed by atoms with E-state index < -0.39 is 160 Å². The summed E-state index contributed by atoms with van der Waals surface area (Å²) in [5.74, 6) is -7.47. The quantitative estimate of drug-likeness (QED) is 0.0651. The standard InChI is InChI=1S/C45H50N2O20/c1-15-10-22-29(36(55)26(15)42(59)46-16(2)43(60)61)28-20(13-21-30(37(28)56)33(52)19-11-18(62-5)12-23(48)27(19)32(21)51)34(53)40(22)66-45-39(58)41(67-44-38(57)35(54)24(49)14-64-44)31(17(3)65-45)47(4)9-7-8-25(50)63-6/h7-8,10-13,16-17,24,31,34-35,38-41,44-45,48-49,53-58H,9,14H2,1-6H3,(H,46,59)(H,60,61)/b8-7+/t16-,17-,24-,31+,34+,35+,38-,39-,40+,41+,44+,45+/m1/s1. The summed E-state index contributed by atoms with van der Waals surface area (Å²) in [6.07, 6.45) is -13.8. The Bertz CT molecular complexity index is 2540. The number of carboxylic acids is 1. The largest absolute Gasteiger partial charge is 0.507 e. The number of aliphatic hydroxyl groups is 5. The van der Waals surface area contributed by atoms with E-state index in [1.54, 1.807) is 18.9 Å². The second-order valence-corrected chi connectivity index (χ2v) is 16.7. The lowest BCUT2D eigenvalue weighted by atomic mass is 9.74. The number of esters is 1. The number of aryl methyl sites for hydroxylation is 1. The van der Waals surface area contributed by atoms with Gasteiger partial charge in [0, 0.05) is 40.9 Å². The molecule has 7 rings (SSSR count). The number of rotatable bonds is 12. The average molecular weight is 939 g/mol. The minimum atomic E-state index is -1.95. The molecule has 0 radical (unpaired) electrons. The van der Waals surface area contributed by atoms with Crippen LogP contribution in [-0.4, -0.2) is 176 Å². The number of carboxylic acid groups (broad SMARTS) is 1. The minimum absolute atomic E-state index is 0.000277. The van der Waals surface area contributed by atoms with Gasteiger partial charge in [-0.2, -0.15) is 0 Å². The first-order chi connectivity index (χ1) is 31.6. The molecule has 10 N–H and O–H groups in total. The first kappa shape index (κ1) is 48.9. The van der Waals surface area contributed by atoms with Gasteiger partial charge in [0.25, 0.3) is 5.91 Å². The Morgan fingerprint density at radius 3 is 2.18 bits per heavy atom. The van der Waals surface area contributed by atoms with Gasteiger partial charge in [0.15, 0.2) is 24.1 Å². The highest BCUT2D eigenvalue weighted by Gasteiger charge is 2.52. The number of hydrogen-bond donors (Lipinski definition) is 10. The number of ketones is 2. The Labute approximate surface area is 381 Å². The number of benzene rings is 3. The predicted octanol–water partition coefficient (Wildman–Crippen LogP) is -0.170. The number of phenols is 3. The number of nitrogens with one attached hydrogen (secondary N) is 1. The SMILES string of the molecule is COC(=O)/C=C/CN(C)[C@@H]1[C@H](O[C@@H]2OC[C@@H](O)[C@H](O)[C@H]2O)[C@@H](O)[C@H](O[C@H]2c3cc(C)c(C(=O)N[C@H](C)C(=O)O)c(O)c3-c3c(cc4c(c3O)C(=O)c3cc(OC)cc(O)c3C4=O)[C@@H]2O)O[C@@H]1C. The van der Waals surface area contributed by atoms with Gasteiger partial charge in [-0.1, -0.05) is 12.1 Å². The van der Waals surface area contributed by atoms with Crippen LogP contribution in [0.25, 0.3) is 11.1 Å². The number of fused-ring (bicyclic) bond motifs is 5. The Hall–Kier alpha value is -6.05. The van der Waals surface area contributed by atoms with Crippen molar-refractivity contribution >= 4 is 29.4 Å². The topological polar surface area (TPSA) is 338 Å². The summed E-state index contributed by atoms with van der Waals surface area (Å²) in [5.41, 5.74) is -3.65. The van der Waals surface area contributed by atoms with Crippen LogP contribution in [0.5, 0.6) is 23.0 Å². The zero-order chi connectivity index (χ0) is 49.1. The normalized spacial score (nSPS) is 28.3.